The van der Waals surface area contributed by atoms with Gasteiger partial charge in [-0.15, -0.1) is 10.2 Å². The van der Waals surface area contributed by atoms with E-state index in [0.29, 0.717) is 16.6 Å². The van der Waals surface area contributed by atoms with Crippen molar-refractivity contribution in [2.75, 3.05) is 12.0 Å². The van der Waals surface area contributed by atoms with Crippen LogP contribution in [0.1, 0.15) is 28.8 Å². The highest BCUT2D eigenvalue weighted by Gasteiger charge is 2.22. The number of nitrogens with zero attached hydrogens (tertiary/aromatic N) is 3. The molecule has 3 aromatic heterocycles. The van der Waals surface area contributed by atoms with E-state index in [1.165, 1.54) is 0 Å². The van der Waals surface area contributed by atoms with Gasteiger partial charge in [-0.2, -0.15) is 11.8 Å². The molecule has 0 aliphatic carbocycles. The average Bonchev–Trinajstić information content (AvgIpc) is 3.39. The molecule has 0 bridgehead atoms. The van der Waals surface area contributed by atoms with Crippen LogP contribution in [0.2, 0.25) is 5.02 Å². The highest BCUT2D eigenvalue weighted by Crippen LogP contribution is 2.29. The van der Waals surface area contributed by atoms with Gasteiger partial charge in [0, 0.05) is 11.8 Å². The van der Waals surface area contributed by atoms with Crippen LogP contribution in [-0.2, 0) is 0 Å². The molecule has 29 heavy (non-hydrogen) atoms. The zero-order chi connectivity index (χ0) is 20.2. The van der Waals surface area contributed by atoms with Crippen LogP contribution in [0.15, 0.2) is 65.2 Å². The third-order valence-electron chi connectivity index (χ3n) is 4.54. The molecule has 0 saturated heterocycles. The highest BCUT2D eigenvalue weighted by molar-refractivity contribution is 7.98. The number of amides is 1. The van der Waals surface area contributed by atoms with Gasteiger partial charge < -0.3 is 9.73 Å². The minimum absolute atomic E-state index is 0.225. The van der Waals surface area contributed by atoms with E-state index in [0.717, 1.165) is 23.4 Å². The maximum absolute atomic E-state index is 12.9. The monoisotopic (exact) mass is 426 g/mol. The number of hydrogen-bond donors (Lipinski definition) is 1. The van der Waals surface area contributed by atoms with Crippen molar-refractivity contribution in [2.24, 2.45) is 0 Å². The number of benzene rings is 1. The maximum Gasteiger partial charge on any atom is 0.287 e. The summed E-state index contributed by atoms with van der Waals surface area (Å²) in [5.41, 5.74) is 1.49. The quantitative estimate of drug-likeness (QED) is 0.456. The second-order valence-corrected chi connectivity index (χ2v) is 7.83. The number of hydrogen-bond acceptors (Lipinski definition) is 5. The highest BCUT2D eigenvalue weighted by atomic mass is 35.5. The summed E-state index contributed by atoms with van der Waals surface area (Å²) in [5.74, 6) is 2.04. The minimum Gasteiger partial charge on any atom is -0.451 e. The van der Waals surface area contributed by atoms with Crippen molar-refractivity contribution < 1.29 is 9.21 Å². The fourth-order valence-corrected chi connectivity index (χ4v) is 3.79. The number of rotatable bonds is 7. The fourth-order valence-electron chi connectivity index (χ4n) is 3.09. The number of thioether (sulfide) groups is 1. The van der Waals surface area contributed by atoms with Gasteiger partial charge in [0.25, 0.3) is 5.91 Å². The number of halogens is 1. The molecule has 4 rings (SSSR count). The lowest BCUT2D eigenvalue weighted by Crippen LogP contribution is -2.30. The molecule has 3 heterocycles. The van der Waals surface area contributed by atoms with Gasteiger partial charge in [0.2, 0.25) is 0 Å². The first-order chi connectivity index (χ1) is 14.2. The Morgan fingerprint density at radius 2 is 2.00 bits per heavy atom. The van der Waals surface area contributed by atoms with E-state index in [4.69, 9.17) is 16.0 Å². The summed E-state index contributed by atoms with van der Waals surface area (Å²) in [6.07, 6.45) is 4.65. The van der Waals surface area contributed by atoms with Crippen molar-refractivity contribution in [3.63, 3.8) is 0 Å². The van der Waals surface area contributed by atoms with Crippen LogP contribution < -0.4 is 5.32 Å². The Hall–Kier alpha value is -2.77. The largest absolute Gasteiger partial charge is 0.451 e. The van der Waals surface area contributed by atoms with Crippen molar-refractivity contribution in [1.29, 1.82) is 0 Å². The van der Waals surface area contributed by atoms with E-state index >= 15 is 0 Å². The topological polar surface area (TPSA) is 72.4 Å². The minimum atomic E-state index is -0.304. The van der Waals surface area contributed by atoms with Crippen LogP contribution in [0.25, 0.3) is 17.0 Å². The molecule has 0 aliphatic heterocycles. The molecule has 0 fully saturated rings. The second kappa shape index (κ2) is 8.71. The van der Waals surface area contributed by atoms with Crippen molar-refractivity contribution in [2.45, 2.75) is 12.5 Å². The molecule has 1 N–H and O–H groups in total. The number of pyridine rings is 1. The number of furan rings is 1. The lowest BCUT2D eigenvalue weighted by Gasteiger charge is -2.16. The zero-order valence-electron chi connectivity index (χ0n) is 15.7. The second-order valence-electron chi connectivity index (χ2n) is 6.44. The standard InChI is InChI=1S/C21H19ClN4O2S/c1-29-13-11-16(20-25-24-19-8-4-5-12-26(19)20)23-21(27)18-10-9-17(28-18)14-6-2-3-7-15(14)22/h2-10,12,16H,11,13H2,1H3,(H,23,27)/t16-/m0/s1. The van der Waals surface area contributed by atoms with Gasteiger partial charge in [0.05, 0.1) is 11.1 Å². The van der Waals surface area contributed by atoms with E-state index in [1.807, 2.05) is 53.3 Å². The summed E-state index contributed by atoms with van der Waals surface area (Å²) in [4.78, 5) is 12.9. The Morgan fingerprint density at radius 1 is 1.17 bits per heavy atom. The van der Waals surface area contributed by atoms with Crippen LogP contribution >= 0.6 is 23.4 Å². The molecule has 0 saturated carbocycles. The van der Waals surface area contributed by atoms with Crippen LogP contribution in [0, 0.1) is 0 Å². The number of nitrogens with one attached hydrogen (secondary N) is 1. The molecule has 0 aliphatic rings. The summed E-state index contributed by atoms with van der Waals surface area (Å²) in [6.45, 7) is 0. The molecular formula is C21H19ClN4O2S. The molecule has 1 amide bonds. The number of carbonyl (C=O) groups is 1. The number of fused-ring (bicyclic) bond motifs is 1. The fraction of sp³-hybridized carbons (Fsp3) is 0.190. The van der Waals surface area contributed by atoms with Crippen molar-refractivity contribution in [1.82, 2.24) is 19.9 Å². The molecule has 0 spiro atoms. The first-order valence-electron chi connectivity index (χ1n) is 9.11. The Morgan fingerprint density at radius 3 is 2.83 bits per heavy atom. The zero-order valence-corrected chi connectivity index (χ0v) is 17.3. The summed E-state index contributed by atoms with van der Waals surface area (Å²) < 4.78 is 7.67. The van der Waals surface area contributed by atoms with E-state index in [9.17, 15) is 4.79 Å². The van der Waals surface area contributed by atoms with Gasteiger partial charge in [-0.3, -0.25) is 9.20 Å². The third-order valence-corrected chi connectivity index (χ3v) is 5.51. The Balaban J connectivity index is 1.58. The molecule has 6 nitrogen and oxygen atoms in total. The molecular weight excluding hydrogens is 408 g/mol. The Labute approximate surface area is 177 Å². The molecule has 0 radical (unpaired) electrons. The first kappa shape index (κ1) is 19.5. The van der Waals surface area contributed by atoms with Crippen LogP contribution in [0.3, 0.4) is 0 Å². The van der Waals surface area contributed by atoms with Gasteiger partial charge in [0.1, 0.15) is 5.76 Å². The SMILES string of the molecule is CSCC[C@H](NC(=O)c1ccc(-c2ccccc2Cl)o1)c1nnc2ccccn12. The molecule has 148 valence electrons. The van der Waals surface area contributed by atoms with E-state index in [1.54, 1.807) is 30.0 Å². The van der Waals surface area contributed by atoms with Gasteiger partial charge >= 0.3 is 0 Å². The molecule has 4 aromatic rings. The smallest absolute Gasteiger partial charge is 0.287 e. The van der Waals surface area contributed by atoms with E-state index in [-0.39, 0.29) is 17.7 Å². The van der Waals surface area contributed by atoms with E-state index < -0.39 is 0 Å². The molecule has 0 unspecified atom stereocenters. The molecule has 8 heteroatoms. The van der Waals surface area contributed by atoms with Crippen molar-refractivity contribution >= 4 is 34.9 Å². The van der Waals surface area contributed by atoms with Gasteiger partial charge in [-0.05, 0) is 54.8 Å². The van der Waals surface area contributed by atoms with Gasteiger partial charge in [-0.1, -0.05) is 29.8 Å². The molecule has 1 aromatic carbocycles. The molecule has 1 atom stereocenters. The first-order valence-corrected chi connectivity index (χ1v) is 10.9. The predicted octanol–water partition coefficient (Wildman–Crippen LogP) is 4.87. The number of aromatic nitrogens is 3. The summed E-state index contributed by atoms with van der Waals surface area (Å²) in [7, 11) is 0. The van der Waals surface area contributed by atoms with Crippen LogP contribution in [-0.4, -0.2) is 32.5 Å². The lowest BCUT2D eigenvalue weighted by molar-refractivity contribution is 0.0906. The normalized spacial score (nSPS) is 12.2. The Bertz CT molecular complexity index is 1140. The summed E-state index contributed by atoms with van der Waals surface area (Å²) in [5, 5.41) is 12.1. The maximum atomic E-state index is 12.9. The average molecular weight is 427 g/mol. The predicted molar refractivity (Wildman–Crippen MR) is 115 cm³/mol. The van der Waals surface area contributed by atoms with E-state index in [2.05, 4.69) is 15.5 Å². The van der Waals surface area contributed by atoms with Crippen LogP contribution in [0.4, 0.5) is 0 Å². The lowest BCUT2D eigenvalue weighted by atomic mass is 10.2. The van der Waals surface area contributed by atoms with Crippen LogP contribution in [0.5, 0.6) is 0 Å². The Kier molecular flexibility index (Phi) is 5.87. The number of carbonyl (C=O) groups excluding carboxylic acids is 1. The van der Waals surface area contributed by atoms with Crippen molar-refractivity contribution in [3.05, 3.63) is 77.4 Å². The van der Waals surface area contributed by atoms with Crippen molar-refractivity contribution in [3.8, 4) is 11.3 Å². The van der Waals surface area contributed by atoms with Gasteiger partial charge in [-0.25, -0.2) is 0 Å². The third kappa shape index (κ3) is 4.16. The summed E-state index contributed by atoms with van der Waals surface area (Å²) in [6, 6.07) is 16.2. The van der Waals surface area contributed by atoms with Gasteiger partial charge in [0.15, 0.2) is 17.2 Å². The summed E-state index contributed by atoms with van der Waals surface area (Å²) >= 11 is 7.94.